The Labute approximate surface area is 154 Å². The molecule has 1 aromatic heterocycles. The zero-order valence-electron chi connectivity index (χ0n) is 15.5. The summed E-state index contributed by atoms with van der Waals surface area (Å²) in [5.74, 6) is 0.944. The van der Waals surface area contributed by atoms with Crippen LogP contribution in [0.3, 0.4) is 0 Å². The molecule has 2 aromatic rings. The van der Waals surface area contributed by atoms with Gasteiger partial charge in [-0.3, -0.25) is 9.48 Å². The maximum Gasteiger partial charge on any atom is 0.272 e. The van der Waals surface area contributed by atoms with Crippen LogP contribution in [0.1, 0.15) is 35.8 Å². The fourth-order valence-corrected chi connectivity index (χ4v) is 3.97. The molecule has 2 aliphatic rings. The van der Waals surface area contributed by atoms with Gasteiger partial charge in [-0.1, -0.05) is 18.2 Å². The second-order valence-electron chi connectivity index (χ2n) is 7.39. The fourth-order valence-electron chi connectivity index (χ4n) is 3.97. The number of fused-ring (bicyclic) bond motifs is 1. The molecule has 0 N–H and O–H groups in total. The molecule has 1 amide bonds. The molecule has 1 aromatic carbocycles. The average molecular weight is 354 g/mol. The van der Waals surface area contributed by atoms with Gasteiger partial charge in [0.25, 0.3) is 5.91 Å². The van der Waals surface area contributed by atoms with Crippen molar-refractivity contribution >= 4 is 5.91 Å². The molecule has 0 saturated carbocycles. The first-order valence-electron chi connectivity index (χ1n) is 9.37. The van der Waals surface area contributed by atoms with E-state index in [-0.39, 0.29) is 11.5 Å². The van der Waals surface area contributed by atoms with Crippen molar-refractivity contribution in [2.24, 2.45) is 0 Å². The highest BCUT2D eigenvalue weighted by molar-refractivity contribution is 5.92. The first kappa shape index (κ1) is 17.1. The lowest BCUT2D eigenvalue weighted by Crippen LogP contribution is -2.53. The van der Waals surface area contributed by atoms with E-state index in [2.05, 4.69) is 23.1 Å². The third-order valence-corrected chi connectivity index (χ3v) is 5.56. The van der Waals surface area contributed by atoms with Gasteiger partial charge in [-0.15, -0.1) is 0 Å². The van der Waals surface area contributed by atoms with Gasteiger partial charge in [0.1, 0.15) is 17.0 Å². The molecule has 26 heavy (non-hydrogen) atoms. The Kier molecular flexibility index (Phi) is 4.44. The number of amides is 1. The van der Waals surface area contributed by atoms with Crippen molar-refractivity contribution in [3.63, 3.8) is 0 Å². The van der Waals surface area contributed by atoms with Crippen LogP contribution in [0.2, 0.25) is 0 Å². The van der Waals surface area contributed by atoms with Gasteiger partial charge >= 0.3 is 0 Å². The van der Waals surface area contributed by atoms with E-state index in [4.69, 9.17) is 4.74 Å². The van der Waals surface area contributed by atoms with Gasteiger partial charge < -0.3 is 14.5 Å². The monoisotopic (exact) mass is 354 g/mol. The van der Waals surface area contributed by atoms with E-state index >= 15 is 0 Å². The molecule has 0 bridgehead atoms. The lowest BCUT2D eigenvalue weighted by molar-refractivity contribution is -0.0105. The van der Waals surface area contributed by atoms with E-state index in [1.807, 2.05) is 36.1 Å². The van der Waals surface area contributed by atoms with Crippen LogP contribution in [-0.4, -0.2) is 57.8 Å². The normalized spacial score (nSPS) is 19.7. The second-order valence-corrected chi connectivity index (χ2v) is 7.39. The third-order valence-electron chi connectivity index (χ3n) is 5.56. The second kappa shape index (κ2) is 6.76. The van der Waals surface area contributed by atoms with E-state index in [9.17, 15) is 4.79 Å². The van der Waals surface area contributed by atoms with Gasteiger partial charge in [-0.2, -0.15) is 5.10 Å². The SMILES string of the molecule is CCn1nccc1C(=O)N1Cc2ccccc2OC2(CCN(C)CC2)C1. The standard InChI is InChI=1S/C20H26N4O2/c1-3-24-17(8-11-21-24)19(25)23-14-16-6-4-5-7-18(16)26-20(15-23)9-12-22(2)13-10-20/h4-8,11H,3,9-10,12-15H2,1-2H3. The van der Waals surface area contributed by atoms with Crippen LogP contribution in [-0.2, 0) is 13.1 Å². The highest BCUT2D eigenvalue weighted by Gasteiger charge is 2.41. The molecule has 3 heterocycles. The molecule has 0 unspecified atom stereocenters. The maximum atomic E-state index is 13.3. The Morgan fingerprint density at radius 1 is 1.23 bits per heavy atom. The molecule has 0 radical (unpaired) electrons. The molecule has 4 rings (SSSR count). The molecule has 138 valence electrons. The highest BCUT2D eigenvalue weighted by Crippen LogP contribution is 2.35. The predicted octanol–water partition coefficient (Wildman–Crippen LogP) is 2.40. The predicted molar refractivity (Wildman–Crippen MR) is 99.2 cm³/mol. The van der Waals surface area contributed by atoms with Gasteiger partial charge in [0.15, 0.2) is 0 Å². The zero-order chi connectivity index (χ0) is 18.1. The van der Waals surface area contributed by atoms with Gasteiger partial charge in [0, 0.05) is 50.8 Å². The van der Waals surface area contributed by atoms with Crippen LogP contribution in [0.5, 0.6) is 5.75 Å². The summed E-state index contributed by atoms with van der Waals surface area (Å²) < 4.78 is 8.31. The summed E-state index contributed by atoms with van der Waals surface area (Å²) in [5, 5.41) is 4.26. The molecule has 2 aliphatic heterocycles. The number of piperidine rings is 1. The van der Waals surface area contributed by atoms with Crippen LogP contribution < -0.4 is 4.74 Å². The lowest BCUT2D eigenvalue weighted by atomic mass is 9.90. The third kappa shape index (κ3) is 3.09. The molecule has 6 nitrogen and oxygen atoms in total. The maximum absolute atomic E-state index is 13.3. The Morgan fingerprint density at radius 3 is 2.77 bits per heavy atom. The molecule has 1 spiro atoms. The number of nitrogens with zero attached hydrogens (tertiary/aromatic N) is 4. The fraction of sp³-hybridized carbons (Fsp3) is 0.500. The van der Waals surface area contributed by atoms with E-state index in [1.54, 1.807) is 10.9 Å². The summed E-state index contributed by atoms with van der Waals surface area (Å²) in [5.41, 5.74) is 1.40. The summed E-state index contributed by atoms with van der Waals surface area (Å²) in [6.07, 6.45) is 3.55. The lowest BCUT2D eigenvalue weighted by Gasteiger charge is -2.41. The van der Waals surface area contributed by atoms with Crippen molar-refractivity contribution in [3.8, 4) is 5.75 Å². The minimum Gasteiger partial charge on any atom is -0.485 e. The van der Waals surface area contributed by atoms with Gasteiger partial charge in [-0.25, -0.2) is 0 Å². The van der Waals surface area contributed by atoms with E-state index < -0.39 is 0 Å². The molecule has 6 heteroatoms. The Balaban J connectivity index is 1.69. The van der Waals surface area contributed by atoms with Crippen LogP contribution in [0.25, 0.3) is 0 Å². The minimum atomic E-state index is -0.314. The highest BCUT2D eigenvalue weighted by atomic mass is 16.5. The van der Waals surface area contributed by atoms with Crippen molar-refractivity contribution in [2.75, 3.05) is 26.7 Å². The summed E-state index contributed by atoms with van der Waals surface area (Å²) in [6.45, 7) is 5.84. The Morgan fingerprint density at radius 2 is 2.00 bits per heavy atom. The smallest absolute Gasteiger partial charge is 0.272 e. The molecular weight excluding hydrogens is 328 g/mol. The number of likely N-dealkylation sites (tertiary alicyclic amines) is 1. The number of hydrogen-bond donors (Lipinski definition) is 0. The molecular formula is C20H26N4O2. The first-order chi connectivity index (χ1) is 12.6. The zero-order valence-corrected chi connectivity index (χ0v) is 15.5. The van der Waals surface area contributed by atoms with Crippen LogP contribution in [0.4, 0.5) is 0 Å². The topological polar surface area (TPSA) is 50.6 Å². The average Bonchev–Trinajstić information content (AvgIpc) is 3.07. The number of ether oxygens (including phenoxy) is 1. The number of benzene rings is 1. The molecule has 0 atom stereocenters. The van der Waals surface area contributed by atoms with Crippen molar-refractivity contribution in [1.82, 2.24) is 19.6 Å². The first-order valence-corrected chi connectivity index (χ1v) is 9.37. The number of para-hydroxylation sites is 1. The van der Waals surface area contributed by atoms with Crippen molar-refractivity contribution < 1.29 is 9.53 Å². The Bertz CT molecular complexity index is 793. The van der Waals surface area contributed by atoms with E-state index in [0.717, 1.165) is 37.2 Å². The minimum absolute atomic E-state index is 0.0305. The molecule has 1 fully saturated rings. The number of hydrogen-bond acceptors (Lipinski definition) is 4. The van der Waals surface area contributed by atoms with Crippen LogP contribution >= 0.6 is 0 Å². The van der Waals surface area contributed by atoms with Gasteiger partial charge in [-0.05, 0) is 26.1 Å². The van der Waals surface area contributed by atoms with Crippen LogP contribution in [0, 0.1) is 0 Å². The number of aryl methyl sites for hydroxylation is 1. The number of carbonyl (C=O) groups is 1. The molecule has 1 saturated heterocycles. The molecule has 0 aliphatic carbocycles. The number of rotatable bonds is 2. The van der Waals surface area contributed by atoms with E-state index in [1.165, 1.54) is 0 Å². The van der Waals surface area contributed by atoms with Crippen molar-refractivity contribution in [3.05, 3.63) is 47.8 Å². The van der Waals surface area contributed by atoms with Crippen molar-refractivity contribution in [2.45, 2.75) is 38.5 Å². The van der Waals surface area contributed by atoms with E-state index in [0.29, 0.717) is 25.3 Å². The quantitative estimate of drug-likeness (QED) is 0.831. The summed E-state index contributed by atoms with van der Waals surface area (Å²) >= 11 is 0. The largest absolute Gasteiger partial charge is 0.485 e. The van der Waals surface area contributed by atoms with Gasteiger partial charge in [0.2, 0.25) is 0 Å². The summed E-state index contributed by atoms with van der Waals surface area (Å²) in [7, 11) is 2.14. The Hall–Kier alpha value is -2.34. The number of carbonyl (C=O) groups excluding carboxylic acids is 1. The summed E-state index contributed by atoms with van der Waals surface area (Å²) in [6, 6.07) is 9.91. The number of aromatic nitrogens is 2. The van der Waals surface area contributed by atoms with Crippen LogP contribution in [0.15, 0.2) is 36.5 Å². The van der Waals surface area contributed by atoms with Crippen molar-refractivity contribution in [1.29, 1.82) is 0 Å². The van der Waals surface area contributed by atoms with Gasteiger partial charge in [0.05, 0.1) is 6.54 Å². The summed E-state index contributed by atoms with van der Waals surface area (Å²) in [4.78, 5) is 17.6.